The molecule has 20 heavy (non-hydrogen) atoms. The van der Waals surface area contributed by atoms with Gasteiger partial charge < -0.3 is 9.73 Å². The van der Waals surface area contributed by atoms with Crippen molar-refractivity contribution in [3.63, 3.8) is 0 Å². The quantitative estimate of drug-likeness (QED) is 0.650. The minimum Gasteiger partial charge on any atom is -0.456 e. The molecular formula is C18H13NO. The van der Waals surface area contributed by atoms with Crippen molar-refractivity contribution >= 4 is 28.3 Å². The van der Waals surface area contributed by atoms with E-state index in [2.05, 4.69) is 47.8 Å². The molecule has 0 spiro atoms. The van der Waals surface area contributed by atoms with Crippen LogP contribution in [0.5, 0.6) is 0 Å². The van der Waals surface area contributed by atoms with Crippen LogP contribution in [0.3, 0.4) is 0 Å². The van der Waals surface area contributed by atoms with Gasteiger partial charge in [-0.1, -0.05) is 36.4 Å². The van der Waals surface area contributed by atoms with Gasteiger partial charge in [0.2, 0.25) is 0 Å². The second kappa shape index (κ2) is 3.54. The largest absolute Gasteiger partial charge is 0.456 e. The molecule has 96 valence electrons. The van der Waals surface area contributed by atoms with Crippen molar-refractivity contribution in [2.75, 3.05) is 5.32 Å². The highest BCUT2D eigenvalue weighted by molar-refractivity contribution is 5.99. The summed E-state index contributed by atoms with van der Waals surface area (Å²) in [5, 5.41) is 4.87. The molecule has 2 aliphatic rings. The first-order valence-corrected chi connectivity index (χ1v) is 6.98. The summed E-state index contributed by atoms with van der Waals surface area (Å²) in [6.45, 7) is 0. The van der Waals surface area contributed by atoms with E-state index >= 15 is 0 Å². The van der Waals surface area contributed by atoms with Gasteiger partial charge in [0.1, 0.15) is 11.3 Å². The third kappa shape index (κ3) is 1.23. The molecule has 0 bridgehead atoms. The number of nitrogens with one attached hydrogen (secondary N) is 1. The number of hydrogen-bond donors (Lipinski definition) is 1. The van der Waals surface area contributed by atoms with E-state index in [1.54, 1.807) is 0 Å². The summed E-state index contributed by atoms with van der Waals surface area (Å²) in [7, 11) is 0. The normalized spacial score (nSPS) is 19.0. The first-order valence-electron chi connectivity index (χ1n) is 6.98. The molecule has 1 atom stereocenters. The molecule has 0 unspecified atom stereocenters. The fourth-order valence-electron chi connectivity index (χ4n) is 3.44. The Balaban J connectivity index is 1.76. The van der Waals surface area contributed by atoms with Gasteiger partial charge in [-0.2, -0.15) is 0 Å². The lowest BCUT2D eigenvalue weighted by Gasteiger charge is -2.17. The van der Waals surface area contributed by atoms with Crippen LogP contribution in [0.25, 0.3) is 22.6 Å². The van der Waals surface area contributed by atoms with E-state index in [0.717, 1.165) is 17.8 Å². The average Bonchev–Trinajstić information content (AvgIpc) is 3.02. The molecule has 2 aromatic carbocycles. The number of fused-ring (bicyclic) bond motifs is 6. The van der Waals surface area contributed by atoms with Gasteiger partial charge in [0.25, 0.3) is 0 Å². The fraction of sp³-hybridized carbons (Fsp3) is 0.111. The molecule has 1 N–H and O–H groups in total. The van der Waals surface area contributed by atoms with Gasteiger partial charge in [0, 0.05) is 28.6 Å². The fourth-order valence-corrected chi connectivity index (χ4v) is 3.44. The van der Waals surface area contributed by atoms with Gasteiger partial charge in [-0.3, -0.25) is 0 Å². The Morgan fingerprint density at radius 2 is 1.85 bits per heavy atom. The average molecular weight is 259 g/mol. The predicted molar refractivity (Wildman–Crippen MR) is 81.6 cm³/mol. The minimum atomic E-state index is 0.376. The SMILES string of the molecule is C1=C2c3ccccc3N[C@H]2Cc2c1oc1ccccc21. The molecule has 2 heterocycles. The van der Waals surface area contributed by atoms with E-state index in [0.29, 0.717) is 6.04 Å². The van der Waals surface area contributed by atoms with Crippen LogP contribution in [0, 0.1) is 0 Å². The van der Waals surface area contributed by atoms with Crippen molar-refractivity contribution in [1.82, 2.24) is 0 Å². The molecular weight excluding hydrogens is 246 g/mol. The molecule has 2 heteroatoms. The van der Waals surface area contributed by atoms with Crippen molar-refractivity contribution < 1.29 is 4.42 Å². The third-order valence-electron chi connectivity index (χ3n) is 4.37. The highest BCUT2D eigenvalue weighted by atomic mass is 16.3. The molecule has 3 aromatic rings. The van der Waals surface area contributed by atoms with E-state index in [1.165, 1.54) is 27.8 Å². The Bertz CT molecular complexity index is 872. The number of hydrogen-bond acceptors (Lipinski definition) is 2. The van der Waals surface area contributed by atoms with E-state index in [-0.39, 0.29) is 0 Å². The van der Waals surface area contributed by atoms with Crippen LogP contribution in [0.2, 0.25) is 0 Å². The van der Waals surface area contributed by atoms with E-state index < -0.39 is 0 Å². The first kappa shape index (κ1) is 10.3. The highest BCUT2D eigenvalue weighted by Gasteiger charge is 2.32. The maximum atomic E-state index is 6.01. The van der Waals surface area contributed by atoms with Crippen molar-refractivity contribution in [3.05, 3.63) is 65.4 Å². The van der Waals surface area contributed by atoms with Gasteiger partial charge in [-0.05, 0) is 23.8 Å². The van der Waals surface area contributed by atoms with Crippen LogP contribution in [0.4, 0.5) is 5.69 Å². The van der Waals surface area contributed by atoms with Gasteiger partial charge in [0.15, 0.2) is 0 Å². The van der Waals surface area contributed by atoms with Gasteiger partial charge in [-0.15, -0.1) is 0 Å². The molecule has 1 aliphatic heterocycles. The van der Waals surface area contributed by atoms with Crippen LogP contribution < -0.4 is 5.32 Å². The third-order valence-corrected chi connectivity index (χ3v) is 4.37. The summed E-state index contributed by atoms with van der Waals surface area (Å²) in [5.74, 6) is 1.02. The van der Waals surface area contributed by atoms with Crippen molar-refractivity contribution in [3.8, 4) is 0 Å². The van der Waals surface area contributed by atoms with Crippen LogP contribution in [-0.4, -0.2) is 6.04 Å². The molecule has 1 aromatic heterocycles. The molecule has 0 fully saturated rings. The smallest absolute Gasteiger partial charge is 0.135 e. The summed E-state index contributed by atoms with van der Waals surface area (Å²) in [6.07, 6.45) is 3.20. The lowest BCUT2D eigenvalue weighted by molar-refractivity contribution is 0.595. The number of furan rings is 1. The summed E-state index contributed by atoms with van der Waals surface area (Å²) in [6, 6.07) is 17.2. The van der Waals surface area contributed by atoms with Gasteiger partial charge >= 0.3 is 0 Å². The van der Waals surface area contributed by atoms with Crippen molar-refractivity contribution in [2.45, 2.75) is 12.5 Å². The monoisotopic (exact) mass is 259 g/mol. The van der Waals surface area contributed by atoms with Crippen molar-refractivity contribution in [1.29, 1.82) is 0 Å². The van der Waals surface area contributed by atoms with Gasteiger partial charge in [-0.25, -0.2) is 0 Å². The minimum absolute atomic E-state index is 0.376. The lowest BCUT2D eigenvalue weighted by Crippen LogP contribution is -2.20. The zero-order chi connectivity index (χ0) is 13.1. The lowest BCUT2D eigenvalue weighted by atomic mass is 9.90. The number of para-hydroxylation sites is 2. The van der Waals surface area contributed by atoms with Crippen molar-refractivity contribution in [2.24, 2.45) is 0 Å². The molecule has 2 nitrogen and oxygen atoms in total. The molecule has 5 rings (SSSR count). The number of anilines is 1. The highest BCUT2D eigenvalue weighted by Crippen LogP contribution is 2.43. The molecule has 0 saturated carbocycles. The molecule has 0 saturated heterocycles. The Kier molecular flexibility index (Phi) is 1.83. The van der Waals surface area contributed by atoms with E-state index in [9.17, 15) is 0 Å². The maximum absolute atomic E-state index is 6.01. The summed E-state index contributed by atoms with van der Waals surface area (Å²) in [4.78, 5) is 0. The van der Waals surface area contributed by atoms with Crippen LogP contribution >= 0.6 is 0 Å². The number of benzene rings is 2. The Hall–Kier alpha value is -2.48. The Morgan fingerprint density at radius 3 is 2.85 bits per heavy atom. The maximum Gasteiger partial charge on any atom is 0.135 e. The summed E-state index contributed by atoms with van der Waals surface area (Å²) < 4.78 is 6.01. The topological polar surface area (TPSA) is 25.2 Å². The zero-order valence-corrected chi connectivity index (χ0v) is 10.9. The predicted octanol–water partition coefficient (Wildman–Crippen LogP) is 4.32. The second-order valence-corrected chi connectivity index (χ2v) is 5.49. The first-order chi connectivity index (χ1) is 9.90. The van der Waals surface area contributed by atoms with Crippen LogP contribution in [0.1, 0.15) is 16.9 Å². The summed E-state index contributed by atoms with van der Waals surface area (Å²) in [5.41, 5.74) is 6.21. The van der Waals surface area contributed by atoms with Gasteiger partial charge in [0.05, 0.1) is 6.04 Å². The van der Waals surface area contributed by atoms with E-state index in [4.69, 9.17) is 4.42 Å². The molecule has 0 amide bonds. The Morgan fingerprint density at radius 1 is 1.00 bits per heavy atom. The van der Waals surface area contributed by atoms with Crippen LogP contribution in [0.15, 0.2) is 52.9 Å². The standard InChI is InChI=1S/C18H13NO/c1-3-7-15-11(5-1)13-10-18-14(9-16(13)19-15)12-6-2-4-8-17(12)20-18/h1-8,10,16,19H,9H2/t16-/m0/s1. The molecule has 1 aliphatic carbocycles. The Labute approximate surface area is 116 Å². The van der Waals surface area contributed by atoms with E-state index in [1.807, 2.05) is 12.1 Å². The number of rotatable bonds is 0. The second-order valence-electron chi connectivity index (χ2n) is 5.49. The zero-order valence-electron chi connectivity index (χ0n) is 10.9. The molecule has 0 radical (unpaired) electrons. The summed E-state index contributed by atoms with van der Waals surface area (Å²) >= 11 is 0. The van der Waals surface area contributed by atoms with Crippen LogP contribution in [-0.2, 0) is 6.42 Å².